The number of aliphatic hydroxyl groups is 2. The van der Waals surface area contributed by atoms with Gasteiger partial charge in [0.05, 0.1) is 25.3 Å². The molecule has 206 valence electrons. The van der Waals surface area contributed by atoms with Crippen molar-refractivity contribution in [1.82, 2.24) is 20.4 Å². The first kappa shape index (κ1) is 24.2. The van der Waals surface area contributed by atoms with Gasteiger partial charge in [-0.25, -0.2) is 10.3 Å². The van der Waals surface area contributed by atoms with Crippen molar-refractivity contribution in [3.05, 3.63) is 29.3 Å². The van der Waals surface area contributed by atoms with Crippen LogP contribution in [-0.2, 0) is 15.0 Å². The predicted molar refractivity (Wildman–Crippen MR) is 134 cm³/mol. The summed E-state index contributed by atoms with van der Waals surface area (Å²) in [7, 11) is 0. The Balaban J connectivity index is 1.19. The largest absolute Gasteiger partial charge is 0.492 e. The third-order valence-electron chi connectivity index (χ3n) is 9.35. The zero-order chi connectivity index (χ0) is 27.3. The zero-order valence-corrected chi connectivity index (χ0v) is 21.1. The molecule has 1 saturated carbocycles. The number of guanidine groups is 2. The second-order valence-corrected chi connectivity index (χ2v) is 11.3. The third kappa shape index (κ3) is 3.06. The van der Waals surface area contributed by atoms with E-state index in [-0.39, 0.29) is 55.1 Å². The van der Waals surface area contributed by atoms with E-state index in [1.807, 2.05) is 12.1 Å². The molecule has 1 aromatic carbocycles. The summed E-state index contributed by atoms with van der Waals surface area (Å²) >= 11 is 0. The number of benzene rings is 1. The minimum atomic E-state index is -2.60. The number of hydrogen-bond acceptors (Lipinski definition) is 11. The molecule has 2 saturated heterocycles. The molecule has 0 bridgehead atoms. The van der Waals surface area contributed by atoms with E-state index in [4.69, 9.17) is 16.2 Å². The highest BCUT2D eigenvalue weighted by atomic mass is 16.5. The van der Waals surface area contributed by atoms with Crippen LogP contribution in [0.3, 0.4) is 0 Å². The number of amides is 3. The van der Waals surface area contributed by atoms with Gasteiger partial charge in [0.1, 0.15) is 17.8 Å². The van der Waals surface area contributed by atoms with Crippen molar-refractivity contribution in [1.29, 1.82) is 0 Å². The normalized spacial score (nSPS) is 33.0. The third-order valence-corrected chi connectivity index (χ3v) is 9.35. The molecule has 4 atom stereocenters. The number of fused-ring (bicyclic) bond motifs is 2. The van der Waals surface area contributed by atoms with Crippen LogP contribution in [0.2, 0.25) is 0 Å². The SMILES string of the molecule is NC1=N[C@@H](CN2C(=O)CCC2=O)[C@@H]2[NH+]=C(N)NC23N1CC(NC(=O)c1cccc2c1OCC21CCC1)C3(O)O. The number of nitrogens with one attached hydrogen (secondary N) is 3. The smallest absolute Gasteiger partial charge is 0.343 e. The van der Waals surface area contributed by atoms with Gasteiger partial charge >= 0.3 is 5.96 Å². The first-order chi connectivity index (χ1) is 18.6. The Kier molecular flexibility index (Phi) is 4.84. The van der Waals surface area contributed by atoms with E-state index in [0.29, 0.717) is 17.9 Å². The van der Waals surface area contributed by atoms with Crippen LogP contribution in [0.4, 0.5) is 0 Å². The Bertz CT molecular complexity index is 1360. The van der Waals surface area contributed by atoms with Crippen LogP contribution in [0.5, 0.6) is 5.75 Å². The van der Waals surface area contributed by atoms with Gasteiger partial charge < -0.3 is 26.0 Å². The van der Waals surface area contributed by atoms with E-state index in [0.717, 1.165) is 29.7 Å². The molecular formula is C25H31N8O6+. The molecule has 0 radical (unpaired) electrons. The molecule has 14 nitrogen and oxygen atoms in total. The summed E-state index contributed by atoms with van der Waals surface area (Å²) in [6.07, 6.45) is 3.35. The summed E-state index contributed by atoms with van der Waals surface area (Å²) < 4.78 is 5.98. The van der Waals surface area contributed by atoms with Crippen molar-refractivity contribution in [3.63, 3.8) is 0 Å². The first-order valence-electron chi connectivity index (χ1n) is 13.2. The fourth-order valence-corrected chi connectivity index (χ4v) is 7.16. The van der Waals surface area contributed by atoms with E-state index in [1.54, 1.807) is 6.07 Å². The molecule has 14 heteroatoms. The lowest BCUT2D eigenvalue weighted by atomic mass is 9.66. The number of nitrogens with two attached hydrogens (primary N) is 2. The predicted octanol–water partition coefficient (Wildman–Crippen LogP) is -4.50. The van der Waals surface area contributed by atoms with Crippen LogP contribution in [0.25, 0.3) is 0 Å². The molecule has 1 aliphatic carbocycles. The van der Waals surface area contributed by atoms with Crippen LogP contribution < -0.4 is 31.8 Å². The second kappa shape index (κ2) is 7.82. The molecule has 1 aromatic rings. The summed E-state index contributed by atoms with van der Waals surface area (Å²) in [4.78, 5) is 48.2. The van der Waals surface area contributed by atoms with E-state index in [1.165, 1.54) is 4.90 Å². The summed E-state index contributed by atoms with van der Waals surface area (Å²) in [6.45, 7) is 0.323. The molecule has 2 spiro atoms. The lowest BCUT2D eigenvalue weighted by Gasteiger charge is -2.46. The molecule has 3 fully saturated rings. The molecule has 9 N–H and O–H groups in total. The first-order valence-corrected chi connectivity index (χ1v) is 13.2. The fraction of sp³-hybridized carbons (Fsp3) is 0.560. The van der Waals surface area contributed by atoms with Gasteiger partial charge in [-0.2, -0.15) is 0 Å². The number of rotatable bonds is 4. The highest BCUT2D eigenvalue weighted by Crippen LogP contribution is 2.52. The molecule has 5 aliphatic heterocycles. The monoisotopic (exact) mass is 539 g/mol. The van der Waals surface area contributed by atoms with Crippen molar-refractivity contribution < 1.29 is 34.3 Å². The standard InChI is InChI=1S/C25H30N8O6/c26-21-30-19-14(9-32-16(34)5-6-17(32)35)28-22(27)33-10-15(25(37,38)24(19,33)31-21)29-20(36)12-3-1-4-13-18(12)39-11-23(13)7-2-8-23/h1,3-4,14-15,19,37-38H,2,5-11H2,(H2,27,28)(H,29,36)(H3,26,30,31)/p+1/t14-,15?,19-,24?/m0/s1. The molecule has 5 heterocycles. The topological polar surface area (TPSA) is 210 Å². The molecule has 3 amide bonds. The van der Waals surface area contributed by atoms with Gasteiger partial charge in [0.25, 0.3) is 11.6 Å². The van der Waals surface area contributed by atoms with Crippen LogP contribution in [-0.4, -0.2) is 98.9 Å². The minimum Gasteiger partial charge on any atom is -0.492 e. The average molecular weight is 540 g/mol. The van der Waals surface area contributed by atoms with Crippen molar-refractivity contribution in [3.8, 4) is 5.75 Å². The molecule has 39 heavy (non-hydrogen) atoms. The van der Waals surface area contributed by atoms with E-state index in [9.17, 15) is 24.6 Å². The fourth-order valence-electron chi connectivity index (χ4n) is 7.16. The van der Waals surface area contributed by atoms with Crippen LogP contribution in [0, 0.1) is 0 Å². The Hall–Kier alpha value is -3.91. The maximum absolute atomic E-state index is 13.5. The van der Waals surface area contributed by atoms with Crippen molar-refractivity contribution in [2.24, 2.45) is 16.5 Å². The van der Waals surface area contributed by atoms with Crippen molar-refractivity contribution in [2.45, 2.75) is 67.1 Å². The Morgan fingerprint density at radius 2 is 1.97 bits per heavy atom. The quantitative estimate of drug-likeness (QED) is 0.144. The number of nitrogens with zero attached hydrogens (tertiary/aromatic N) is 3. The molecular weight excluding hydrogens is 508 g/mol. The van der Waals surface area contributed by atoms with Gasteiger partial charge in [0.15, 0.2) is 12.0 Å². The zero-order valence-electron chi connectivity index (χ0n) is 21.1. The molecule has 6 aliphatic rings. The van der Waals surface area contributed by atoms with E-state index in [2.05, 4.69) is 20.6 Å². The number of carbonyl (C=O) groups is 3. The Morgan fingerprint density at radius 3 is 2.67 bits per heavy atom. The van der Waals surface area contributed by atoms with Gasteiger partial charge in [-0.15, -0.1) is 0 Å². The Labute approximate surface area is 223 Å². The lowest BCUT2D eigenvalue weighted by Crippen LogP contribution is -2.90. The lowest BCUT2D eigenvalue weighted by molar-refractivity contribution is -0.521. The van der Waals surface area contributed by atoms with E-state index >= 15 is 0 Å². The Morgan fingerprint density at radius 1 is 1.23 bits per heavy atom. The number of aliphatic imine (C=N–C) groups is 1. The molecule has 0 aromatic heterocycles. The summed E-state index contributed by atoms with van der Waals surface area (Å²) in [5, 5.41) is 29.1. The van der Waals surface area contributed by atoms with Crippen LogP contribution in [0.15, 0.2) is 23.2 Å². The maximum atomic E-state index is 13.5. The number of ether oxygens (including phenoxy) is 1. The van der Waals surface area contributed by atoms with Crippen LogP contribution >= 0.6 is 0 Å². The van der Waals surface area contributed by atoms with Gasteiger partial charge in [0, 0.05) is 23.8 Å². The average Bonchev–Trinajstić information content (AvgIpc) is 3.58. The van der Waals surface area contributed by atoms with Crippen molar-refractivity contribution >= 4 is 29.6 Å². The second-order valence-electron chi connectivity index (χ2n) is 11.3. The number of carbonyl (C=O) groups excluding carboxylic acids is 3. The van der Waals surface area contributed by atoms with Crippen molar-refractivity contribution in [2.75, 3.05) is 19.7 Å². The van der Waals surface area contributed by atoms with E-state index < -0.39 is 35.5 Å². The number of para-hydroxylation sites is 1. The summed E-state index contributed by atoms with van der Waals surface area (Å²) in [5.41, 5.74) is 11.9. The number of hydrogen-bond donors (Lipinski definition) is 7. The van der Waals surface area contributed by atoms with Crippen LogP contribution in [0.1, 0.15) is 48.0 Å². The summed E-state index contributed by atoms with van der Waals surface area (Å²) in [6, 6.07) is 2.51. The van der Waals surface area contributed by atoms with Gasteiger partial charge in [-0.05, 0) is 18.9 Å². The maximum Gasteiger partial charge on any atom is 0.343 e. The molecule has 7 rings (SSSR count). The summed E-state index contributed by atoms with van der Waals surface area (Å²) in [5.74, 6) is -3.25. The molecule has 2 unspecified atom stereocenters. The number of likely N-dealkylation sites (tertiary alicyclic amines) is 1. The minimum absolute atomic E-state index is 0.0403. The number of imide groups is 1. The highest BCUT2D eigenvalue weighted by Gasteiger charge is 2.76. The van der Waals surface area contributed by atoms with Gasteiger partial charge in [0.2, 0.25) is 17.6 Å². The highest BCUT2D eigenvalue weighted by molar-refractivity contribution is 6.02. The van der Waals surface area contributed by atoms with Gasteiger partial charge in [-0.3, -0.25) is 34.9 Å². The van der Waals surface area contributed by atoms with Gasteiger partial charge in [-0.1, -0.05) is 18.6 Å².